The molecule has 0 spiro atoms. The monoisotopic (exact) mass is 359 g/mol. The van der Waals surface area contributed by atoms with Gasteiger partial charge in [0, 0.05) is 37.4 Å². The second-order valence-corrected chi connectivity index (χ2v) is 6.68. The summed E-state index contributed by atoms with van der Waals surface area (Å²) in [4.78, 5) is 18.9. The predicted octanol–water partition coefficient (Wildman–Crippen LogP) is 2.61. The fraction of sp³-hybridized carbons (Fsp3) is 0.353. The molecule has 1 aliphatic rings. The molecular formula is C17H18ClN5O2. The maximum absolute atomic E-state index is 12.3. The van der Waals surface area contributed by atoms with Gasteiger partial charge in [-0.25, -0.2) is 0 Å². The maximum Gasteiger partial charge on any atom is 0.298 e. The molecule has 25 heavy (non-hydrogen) atoms. The van der Waals surface area contributed by atoms with Gasteiger partial charge in [-0.3, -0.25) is 9.48 Å². The smallest absolute Gasteiger partial charge is 0.298 e. The number of carbonyl (C=O) groups is 1. The Labute approximate surface area is 149 Å². The van der Waals surface area contributed by atoms with Crippen molar-refractivity contribution in [2.24, 2.45) is 7.05 Å². The van der Waals surface area contributed by atoms with E-state index in [2.05, 4.69) is 20.3 Å². The molecule has 1 aliphatic heterocycles. The van der Waals surface area contributed by atoms with Crippen molar-refractivity contribution in [2.45, 2.75) is 18.9 Å². The van der Waals surface area contributed by atoms with E-state index in [0.717, 1.165) is 24.9 Å². The highest BCUT2D eigenvalue weighted by Gasteiger charge is 2.25. The Bertz CT molecular complexity index is 919. The number of hydrogen-bond donors (Lipinski definition) is 1. The van der Waals surface area contributed by atoms with Crippen LogP contribution in [0, 0.1) is 0 Å². The average molecular weight is 360 g/mol. The topological polar surface area (TPSA) is 76.2 Å². The Kier molecular flexibility index (Phi) is 4.09. The van der Waals surface area contributed by atoms with Crippen molar-refractivity contribution in [1.29, 1.82) is 0 Å². The van der Waals surface area contributed by atoms with Crippen LogP contribution < -0.4 is 10.2 Å². The largest absolute Gasteiger partial charge is 0.423 e. The number of halogens is 1. The summed E-state index contributed by atoms with van der Waals surface area (Å²) in [6, 6.07) is 7.69. The molecule has 130 valence electrons. The standard InChI is InChI=1S/C17H18ClN5O2/c1-22-8-6-13(21-22)16(24)19-12-3-2-7-23(10-12)17-20-14-9-11(18)4-5-15(14)25-17/h4-6,8-9,12H,2-3,7,10H2,1H3,(H,19,24). The molecule has 1 fully saturated rings. The van der Waals surface area contributed by atoms with E-state index in [4.69, 9.17) is 16.0 Å². The van der Waals surface area contributed by atoms with Crippen molar-refractivity contribution in [3.63, 3.8) is 0 Å². The van der Waals surface area contributed by atoms with Gasteiger partial charge in [0.05, 0.1) is 0 Å². The molecule has 1 amide bonds. The zero-order valence-electron chi connectivity index (χ0n) is 13.8. The summed E-state index contributed by atoms with van der Waals surface area (Å²) >= 11 is 6.00. The van der Waals surface area contributed by atoms with Gasteiger partial charge in [0.2, 0.25) is 0 Å². The van der Waals surface area contributed by atoms with Crippen LogP contribution in [0.5, 0.6) is 0 Å². The number of benzene rings is 1. The molecule has 3 heterocycles. The third-order valence-electron chi connectivity index (χ3n) is 4.31. The number of rotatable bonds is 3. The van der Waals surface area contributed by atoms with Gasteiger partial charge in [-0.05, 0) is 37.1 Å². The number of amides is 1. The van der Waals surface area contributed by atoms with Gasteiger partial charge in [0.15, 0.2) is 5.58 Å². The number of oxazole rings is 1. The number of carbonyl (C=O) groups excluding carboxylic acids is 1. The lowest BCUT2D eigenvalue weighted by Crippen LogP contribution is -2.48. The molecule has 1 aromatic carbocycles. The minimum Gasteiger partial charge on any atom is -0.423 e. The molecule has 4 rings (SSSR count). The maximum atomic E-state index is 12.3. The summed E-state index contributed by atoms with van der Waals surface area (Å²) in [5, 5.41) is 7.81. The van der Waals surface area contributed by atoms with Gasteiger partial charge in [0.1, 0.15) is 11.2 Å². The van der Waals surface area contributed by atoms with Gasteiger partial charge in [-0.15, -0.1) is 0 Å². The molecular weight excluding hydrogens is 342 g/mol. The van der Waals surface area contributed by atoms with Crippen molar-refractivity contribution in [1.82, 2.24) is 20.1 Å². The van der Waals surface area contributed by atoms with E-state index in [-0.39, 0.29) is 11.9 Å². The van der Waals surface area contributed by atoms with E-state index in [1.165, 1.54) is 0 Å². The average Bonchev–Trinajstić information content (AvgIpc) is 3.21. The Hall–Kier alpha value is -2.54. The van der Waals surface area contributed by atoms with Crippen LogP contribution in [-0.4, -0.2) is 39.8 Å². The van der Waals surface area contributed by atoms with Crippen molar-refractivity contribution in [3.05, 3.63) is 41.2 Å². The Morgan fingerprint density at radius 3 is 3.08 bits per heavy atom. The predicted molar refractivity (Wildman–Crippen MR) is 94.9 cm³/mol. The molecule has 0 radical (unpaired) electrons. The lowest BCUT2D eigenvalue weighted by molar-refractivity contribution is 0.0927. The quantitative estimate of drug-likeness (QED) is 0.778. The second-order valence-electron chi connectivity index (χ2n) is 6.24. The number of anilines is 1. The van der Waals surface area contributed by atoms with Gasteiger partial charge >= 0.3 is 0 Å². The lowest BCUT2D eigenvalue weighted by Gasteiger charge is -2.31. The van der Waals surface area contributed by atoms with E-state index in [0.29, 0.717) is 28.9 Å². The van der Waals surface area contributed by atoms with Crippen molar-refractivity contribution >= 4 is 34.6 Å². The zero-order chi connectivity index (χ0) is 17.4. The Morgan fingerprint density at radius 1 is 1.40 bits per heavy atom. The molecule has 8 heteroatoms. The highest BCUT2D eigenvalue weighted by Crippen LogP contribution is 2.26. The molecule has 1 N–H and O–H groups in total. The Morgan fingerprint density at radius 2 is 2.28 bits per heavy atom. The van der Waals surface area contributed by atoms with Gasteiger partial charge in [-0.1, -0.05) is 11.6 Å². The number of fused-ring (bicyclic) bond motifs is 1. The number of hydrogen-bond acceptors (Lipinski definition) is 5. The first-order chi connectivity index (χ1) is 12.1. The van der Waals surface area contributed by atoms with Crippen LogP contribution in [0.4, 0.5) is 6.01 Å². The first-order valence-electron chi connectivity index (χ1n) is 8.20. The zero-order valence-corrected chi connectivity index (χ0v) is 14.5. The first-order valence-corrected chi connectivity index (χ1v) is 8.58. The van der Waals surface area contributed by atoms with Gasteiger partial charge in [0.25, 0.3) is 11.9 Å². The minimum atomic E-state index is -0.156. The van der Waals surface area contributed by atoms with Crippen LogP contribution in [0.15, 0.2) is 34.9 Å². The van der Waals surface area contributed by atoms with E-state index in [1.807, 2.05) is 6.07 Å². The highest BCUT2D eigenvalue weighted by molar-refractivity contribution is 6.31. The molecule has 3 aromatic rings. The van der Waals surface area contributed by atoms with Crippen LogP contribution in [0.3, 0.4) is 0 Å². The van der Waals surface area contributed by atoms with Gasteiger partial charge in [-0.2, -0.15) is 10.1 Å². The van der Waals surface area contributed by atoms with Crippen LogP contribution in [0.2, 0.25) is 5.02 Å². The Balaban J connectivity index is 1.47. The molecule has 0 aliphatic carbocycles. The summed E-state index contributed by atoms with van der Waals surface area (Å²) in [6.07, 6.45) is 3.62. The third-order valence-corrected chi connectivity index (χ3v) is 4.55. The number of nitrogens with one attached hydrogen (secondary N) is 1. The number of aryl methyl sites for hydroxylation is 1. The fourth-order valence-corrected chi connectivity index (χ4v) is 3.25. The van der Waals surface area contributed by atoms with Crippen LogP contribution in [-0.2, 0) is 7.05 Å². The van der Waals surface area contributed by atoms with Gasteiger partial charge < -0.3 is 14.6 Å². The summed E-state index contributed by atoms with van der Waals surface area (Å²) in [7, 11) is 1.79. The van der Waals surface area contributed by atoms with Crippen LogP contribution in [0.1, 0.15) is 23.3 Å². The normalized spacial score (nSPS) is 17.8. The first kappa shape index (κ1) is 16.0. The minimum absolute atomic E-state index is 0.0295. The van der Waals surface area contributed by atoms with Crippen LogP contribution >= 0.6 is 11.6 Å². The summed E-state index contributed by atoms with van der Waals surface area (Å²) < 4.78 is 7.45. The third kappa shape index (κ3) is 3.32. The van der Waals surface area contributed by atoms with E-state index in [9.17, 15) is 4.79 Å². The molecule has 7 nitrogen and oxygen atoms in total. The van der Waals surface area contributed by atoms with E-state index < -0.39 is 0 Å². The number of nitrogens with zero attached hydrogens (tertiary/aromatic N) is 4. The molecule has 1 unspecified atom stereocenters. The summed E-state index contributed by atoms with van der Waals surface area (Å²) in [5.74, 6) is -0.156. The number of piperidine rings is 1. The summed E-state index contributed by atoms with van der Waals surface area (Å²) in [5.41, 5.74) is 1.87. The van der Waals surface area contributed by atoms with E-state index >= 15 is 0 Å². The van der Waals surface area contributed by atoms with Crippen molar-refractivity contribution < 1.29 is 9.21 Å². The molecule has 0 saturated carbocycles. The molecule has 1 saturated heterocycles. The molecule has 0 bridgehead atoms. The molecule has 1 atom stereocenters. The molecule has 2 aromatic heterocycles. The van der Waals surface area contributed by atoms with Crippen molar-refractivity contribution in [3.8, 4) is 0 Å². The SMILES string of the molecule is Cn1ccc(C(=O)NC2CCCN(c3nc4cc(Cl)ccc4o3)C2)n1. The van der Waals surface area contributed by atoms with Crippen LogP contribution in [0.25, 0.3) is 11.1 Å². The highest BCUT2D eigenvalue weighted by atomic mass is 35.5. The lowest BCUT2D eigenvalue weighted by atomic mass is 10.1. The van der Waals surface area contributed by atoms with Crippen molar-refractivity contribution in [2.75, 3.05) is 18.0 Å². The number of aromatic nitrogens is 3. The fourth-order valence-electron chi connectivity index (χ4n) is 3.09. The second kappa shape index (κ2) is 6.40. The summed E-state index contributed by atoms with van der Waals surface area (Å²) in [6.45, 7) is 1.50. The van der Waals surface area contributed by atoms with E-state index in [1.54, 1.807) is 36.1 Å².